The third-order valence-electron chi connectivity index (χ3n) is 7.90. The Morgan fingerprint density at radius 3 is 2.55 bits per heavy atom. The molecule has 5 atom stereocenters. The van der Waals surface area contributed by atoms with Crippen molar-refractivity contribution in [2.24, 2.45) is 17.8 Å². The lowest BCUT2D eigenvalue weighted by Crippen LogP contribution is -2.35. The highest BCUT2D eigenvalue weighted by Crippen LogP contribution is 2.63. The van der Waals surface area contributed by atoms with Crippen LogP contribution in [0.5, 0.6) is 0 Å². The average molecular weight is 409 g/mol. The van der Waals surface area contributed by atoms with Gasteiger partial charge in [0.05, 0.1) is 6.04 Å². The third kappa shape index (κ3) is 3.06. The van der Waals surface area contributed by atoms with Crippen molar-refractivity contribution in [3.8, 4) is 0 Å². The van der Waals surface area contributed by atoms with Crippen LogP contribution in [-0.2, 0) is 0 Å². The molecule has 1 aliphatic heterocycles. The summed E-state index contributed by atoms with van der Waals surface area (Å²) in [6.45, 7) is 2.02. The first-order chi connectivity index (χ1) is 15.2. The van der Waals surface area contributed by atoms with Gasteiger partial charge < -0.3 is 10.6 Å². The summed E-state index contributed by atoms with van der Waals surface area (Å²) in [5.41, 5.74) is 6.65. The molecule has 6 rings (SSSR count). The van der Waals surface area contributed by atoms with Gasteiger partial charge in [-0.15, -0.1) is 0 Å². The van der Waals surface area contributed by atoms with Crippen molar-refractivity contribution >= 4 is 17.3 Å². The first kappa shape index (κ1) is 18.7. The average Bonchev–Trinajstić information content (AvgIpc) is 3.43. The molecule has 2 fully saturated rings. The predicted octanol–water partition coefficient (Wildman–Crippen LogP) is 6.54. The third-order valence-corrected chi connectivity index (χ3v) is 7.90. The normalized spacial score (nSPS) is 27.8. The van der Waals surface area contributed by atoms with E-state index < -0.39 is 0 Å². The van der Waals surface area contributed by atoms with Gasteiger partial charge in [0.1, 0.15) is 0 Å². The highest BCUT2D eigenvalue weighted by molar-refractivity contribution is 6.05. The number of anilines is 2. The molecule has 0 radical (unpaired) electrons. The van der Waals surface area contributed by atoms with Crippen molar-refractivity contribution < 1.29 is 4.79 Å². The maximum atomic E-state index is 13.1. The monoisotopic (exact) mass is 408 g/mol. The summed E-state index contributed by atoms with van der Waals surface area (Å²) >= 11 is 0. The molecule has 0 saturated heterocycles. The molecule has 3 aromatic carbocycles. The van der Waals surface area contributed by atoms with Crippen LogP contribution in [0.2, 0.25) is 0 Å². The Morgan fingerprint density at radius 1 is 0.935 bits per heavy atom. The maximum absolute atomic E-state index is 13.1. The highest BCUT2D eigenvalue weighted by atomic mass is 16.1. The Hall–Kier alpha value is -3.07. The van der Waals surface area contributed by atoms with Crippen LogP contribution in [0.4, 0.5) is 11.4 Å². The minimum absolute atomic E-state index is 0.0259. The van der Waals surface area contributed by atoms with Gasteiger partial charge >= 0.3 is 0 Å². The molecule has 1 heterocycles. The molecule has 156 valence electrons. The number of hydrogen-bond donors (Lipinski definition) is 2. The Kier molecular flexibility index (Phi) is 4.38. The minimum Gasteiger partial charge on any atom is -0.378 e. The molecule has 2 N–H and O–H groups in total. The van der Waals surface area contributed by atoms with Gasteiger partial charge in [-0.3, -0.25) is 4.79 Å². The molecule has 1 amide bonds. The summed E-state index contributed by atoms with van der Waals surface area (Å²) in [5, 5.41) is 6.97. The summed E-state index contributed by atoms with van der Waals surface area (Å²) in [5.74, 6) is 2.67. The van der Waals surface area contributed by atoms with E-state index in [0.717, 1.165) is 28.7 Å². The van der Waals surface area contributed by atoms with Crippen LogP contribution in [0.15, 0.2) is 72.8 Å². The van der Waals surface area contributed by atoms with Gasteiger partial charge in [-0.1, -0.05) is 48.5 Å². The molecule has 3 aliphatic rings. The van der Waals surface area contributed by atoms with E-state index in [1.165, 1.54) is 36.1 Å². The Balaban J connectivity index is 1.36. The van der Waals surface area contributed by atoms with Crippen LogP contribution >= 0.6 is 0 Å². The molecule has 0 spiro atoms. The first-order valence-corrected chi connectivity index (χ1v) is 11.5. The van der Waals surface area contributed by atoms with E-state index >= 15 is 0 Å². The maximum Gasteiger partial charge on any atom is 0.255 e. The molecule has 2 aliphatic carbocycles. The largest absolute Gasteiger partial charge is 0.378 e. The molecule has 3 nitrogen and oxygen atoms in total. The number of carbonyl (C=O) groups is 1. The highest BCUT2D eigenvalue weighted by Gasteiger charge is 2.53. The second-order valence-corrected chi connectivity index (χ2v) is 9.54. The van der Waals surface area contributed by atoms with Crippen LogP contribution in [0.3, 0.4) is 0 Å². The smallest absolute Gasteiger partial charge is 0.255 e. The van der Waals surface area contributed by atoms with Crippen LogP contribution in [0.1, 0.15) is 58.3 Å². The molecule has 3 aromatic rings. The molecular formula is C28H28N2O. The number of fused-ring (bicyclic) bond motifs is 7. The van der Waals surface area contributed by atoms with E-state index in [2.05, 4.69) is 53.1 Å². The lowest BCUT2D eigenvalue weighted by molar-refractivity contribution is 0.102. The lowest BCUT2D eigenvalue weighted by Gasteiger charge is -2.43. The van der Waals surface area contributed by atoms with Crippen molar-refractivity contribution in [1.82, 2.24) is 0 Å². The zero-order chi connectivity index (χ0) is 20.9. The summed E-state index contributed by atoms with van der Waals surface area (Å²) in [7, 11) is 0. The van der Waals surface area contributed by atoms with Crippen LogP contribution < -0.4 is 10.6 Å². The van der Waals surface area contributed by atoms with Crippen molar-refractivity contribution in [2.75, 3.05) is 10.6 Å². The minimum atomic E-state index is -0.0259. The summed E-state index contributed by atoms with van der Waals surface area (Å²) in [4.78, 5) is 13.1. The standard InChI is InChI=1S/C28H28N2O/c1-17-7-5-6-10-23(17)30-28(31)21-13-14-24-22(16-21)25-19-11-12-20(15-19)26(25)27(29-24)18-8-3-2-4-9-18/h2-10,13-14,16,19-20,25-27,29H,11-12,15H2,1H3,(H,30,31). The lowest BCUT2D eigenvalue weighted by atomic mass is 9.68. The number of aryl methyl sites for hydroxylation is 1. The van der Waals surface area contributed by atoms with Crippen LogP contribution in [-0.4, -0.2) is 5.91 Å². The zero-order valence-corrected chi connectivity index (χ0v) is 17.8. The number of para-hydroxylation sites is 1. The van der Waals surface area contributed by atoms with Gasteiger partial charge in [-0.2, -0.15) is 0 Å². The van der Waals surface area contributed by atoms with E-state index in [1.807, 2.05) is 37.3 Å². The fourth-order valence-electron chi connectivity index (χ4n) is 6.53. The number of carbonyl (C=O) groups excluding carboxylic acids is 1. The molecular weight excluding hydrogens is 380 g/mol. The number of rotatable bonds is 3. The number of nitrogens with one attached hydrogen (secondary N) is 2. The molecule has 31 heavy (non-hydrogen) atoms. The SMILES string of the molecule is Cc1ccccc1NC(=O)c1ccc2c(c1)C1C3CCC(C3)C1C(c1ccccc1)N2. The van der Waals surface area contributed by atoms with E-state index in [0.29, 0.717) is 17.9 Å². The van der Waals surface area contributed by atoms with Gasteiger partial charge in [0.15, 0.2) is 0 Å². The van der Waals surface area contributed by atoms with Crippen molar-refractivity contribution in [1.29, 1.82) is 0 Å². The number of benzene rings is 3. The summed E-state index contributed by atoms with van der Waals surface area (Å²) in [6, 6.07) is 25.5. The van der Waals surface area contributed by atoms with Crippen molar-refractivity contribution in [2.45, 2.75) is 38.1 Å². The van der Waals surface area contributed by atoms with Crippen molar-refractivity contribution in [3.63, 3.8) is 0 Å². The number of amides is 1. The van der Waals surface area contributed by atoms with Crippen LogP contribution in [0, 0.1) is 24.7 Å². The summed E-state index contributed by atoms with van der Waals surface area (Å²) < 4.78 is 0. The Bertz CT molecular complexity index is 1140. The molecule has 3 heteroatoms. The van der Waals surface area contributed by atoms with E-state index in [9.17, 15) is 4.79 Å². The molecule has 2 saturated carbocycles. The van der Waals surface area contributed by atoms with Crippen molar-refractivity contribution in [3.05, 3.63) is 95.1 Å². The Labute approximate surface area is 183 Å². The zero-order valence-electron chi connectivity index (χ0n) is 17.8. The first-order valence-electron chi connectivity index (χ1n) is 11.5. The second kappa shape index (κ2) is 7.26. The second-order valence-electron chi connectivity index (χ2n) is 9.54. The number of hydrogen-bond acceptors (Lipinski definition) is 2. The van der Waals surface area contributed by atoms with Crippen LogP contribution in [0.25, 0.3) is 0 Å². The van der Waals surface area contributed by atoms with Gasteiger partial charge in [0.25, 0.3) is 5.91 Å². The molecule has 5 unspecified atom stereocenters. The topological polar surface area (TPSA) is 41.1 Å². The fourth-order valence-corrected chi connectivity index (χ4v) is 6.53. The van der Waals surface area contributed by atoms with Gasteiger partial charge in [-0.05, 0) is 90.8 Å². The Morgan fingerprint density at radius 2 is 1.71 bits per heavy atom. The predicted molar refractivity (Wildman–Crippen MR) is 125 cm³/mol. The quantitative estimate of drug-likeness (QED) is 0.516. The molecule has 2 bridgehead atoms. The van der Waals surface area contributed by atoms with Gasteiger partial charge in [0, 0.05) is 16.9 Å². The van der Waals surface area contributed by atoms with Gasteiger partial charge in [-0.25, -0.2) is 0 Å². The van der Waals surface area contributed by atoms with E-state index in [-0.39, 0.29) is 5.91 Å². The fraction of sp³-hybridized carbons (Fsp3) is 0.321. The molecule has 0 aromatic heterocycles. The van der Waals surface area contributed by atoms with Gasteiger partial charge in [0.2, 0.25) is 0 Å². The summed E-state index contributed by atoms with van der Waals surface area (Å²) in [6.07, 6.45) is 4.01. The van der Waals surface area contributed by atoms with E-state index in [4.69, 9.17) is 0 Å². The van der Waals surface area contributed by atoms with E-state index in [1.54, 1.807) is 0 Å².